The molecule has 1 aliphatic heterocycles. The molecular formula is C14H18ClN3O3. The van der Waals surface area contributed by atoms with Crippen LogP contribution in [0.25, 0.3) is 0 Å². The van der Waals surface area contributed by atoms with Crippen molar-refractivity contribution in [2.45, 2.75) is 25.8 Å². The number of amides is 1. The Kier molecular flexibility index (Phi) is 4.57. The first kappa shape index (κ1) is 15.4. The van der Waals surface area contributed by atoms with Gasteiger partial charge in [-0.05, 0) is 25.0 Å². The molecule has 114 valence electrons. The van der Waals surface area contributed by atoms with Gasteiger partial charge in [-0.15, -0.1) is 0 Å². The predicted molar refractivity (Wildman–Crippen MR) is 81.9 cm³/mol. The van der Waals surface area contributed by atoms with Crippen molar-refractivity contribution in [1.82, 2.24) is 5.32 Å². The van der Waals surface area contributed by atoms with Gasteiger partial charge in [0.1, 0.15) is 0 Å². The molecule has 0 unspecified atom stereocenters. The van der Waals surface area contributed by atoms with Crippen LogP contribution in [0.2, 0.25) is 5.02 Å². The van der Waals surface area contributed by atoms with E-state index in [0.29, 0.717) is 29.5 Å². The van der Waals surface area contributed by atoms with Gasteiger partial charge in [-0.3, -0.25) is 4.79 Å². The molecule has 0 aromatic heterocycles. The quantitative estimate of drug-likeness (QED) is 0.739. The lowest BCUT2D eigenvalue weighted by Gasteiger charge is -2.35. The van der Waals surface area contributed by atoms with E-state index in [0.717, 1.165) is 12.8 Å². The Morgan fingerprint density at radius 2 is 2.00 bits per heavy atom. The number of nitrogens with two attached hydrogens (primary N) is 1. The van der Waals surface area contributed by atoms with Gasteiger partial charge in [-0.2, -0.15) is 0 Å². The fourth-order valence-electron chi connectivity index (χ4n) is 2.64. The number of nitrogen functional groups attached to an aromatic ring is 1. The lowest BCUT2D eigenvalue weighted by molar-refractivity contribution is -0.119. The molecular weight excluding hydrogens is 294 g/mol. The molecule has 7 heteroatoms. The average molecular weight is 312 g/mol. The highest BCUT2D eigenvalue weighted by atomic mass is 35.5. The minimum absolute atomic E-state index is 0.0507. The predicted octanol–water partition coefficient (Wildman–Crippen LogP) is 1.73. The number of piperidine rings is 1. The summed E-state index contributed by atoms with van der Waals surface area (Å²) in [5.41, 5.74) is 6.60. The van der Waals surface area contributed by atoms with Gasteiger partial charge < -0.3 is 21.1 Å². The molecule has 0 bridgehead atoms. The molecule has 0 saturated carbocycles. The fraction of sp³-hybridized carbons (Fsp3) is 0.429. The Bertz CT molecular complexity index is 569. The zero-order valence-electron chi connectivity index (χ0n) is 11.7. The molecule has 0 atom stereocenters. The van der Waals surface area contributed by atoms with E-state index in [-0.39, 0.29) is 17.5 Å². The Labute approximate surface area is 127 Å². The summed E-state index contributed by atoms with van der Waals surface area (Å²) in [5.74, 6) is -1.10. The highest BCUT2D eigenvalue weighted by Gasteiger charge is 2.25. The summed E-state index contributed by atoms with van der Waals surface area (Å²) in [5, 5.41) is 12.5. The number of nitrogens with one attached hydrogen (secondary N) is 1. The Balaban J connectivity index is 2.20. The first-order valence-electron chi connectivity index (χ1n) is 6.73. The van der Waals surface area contributed by atoms with Gasteiger partial charge in [0.2, 0.25) is 5.91 Å². The number of nitrogens with zero attached hydrogens (tertiary/aromatic N) is 1. The molecule has 6 nitrogen and oxygen atoms in total. The number of halogens is 1. The monoisotopic (exact) mass is 311 g/mol. The van der Waals surface area contributed by atoms with Crippen molar-refractivity contribution in [3.05, 3.63) is 22.7 Å². The van der Waals surface area contributed by atoms with Crippen LogP contribution in [-0.2, 0) is 4.79 Å². The SMILES string of the molecule is CC(=O)NC1CCN(c2c(Cl)cc(N)cc2C(=O)O)CC1. The second kappa shape index (κ2) is 6.22. The molecule has 1 fully saturated rings. The zero-order valence-corrected chi connectivity index (χ0v) is 12.5. The zero-order chi connectivity index (χ0) is 15.6. The summed E-state index contributed by atoms with van der Waals surface area (Å²) in [6.45, 7) is 2.76. The van der Waals surface area contributed by atoms with Crippen LogP contribution in [0.15, 0.2) is 12.1 Å². The van der Waals surface area contributed by atoms with Crippen LogP contribution in [0.1, 0.15) is 30.1 Å². The number of hydrogen-bond acceptors (Lipinski definition) is 4. The van der Waals surface area contributed by atoms with E-state index in [9.17, 15) is 14.7 Å². The molecule has 21 heavy (non-hydrogen) atoms. The minimum Gasteiger partial charge on any atom is -0.478 e. The van der Waals surface area contributed by atoms with Gasteiger partial charge in [0.25, 0.3) is 0 Å². The number of carbonyl (C=O) groups is 2. The van der Waals surface area contributed by atoms with Crippen LogP contribution < -0.4 is 16.0 Å². The Morgan fingerprint density at radius 3 is 2.52 bits per heavy atom. The van der Waals surface area contributed by atoms with Crippen molar-refractivity contribution in [3.8, 4) is 0 Å². The van der Waals surface area contributed by atoms with Crippen LogP contribution in [0.5, 0.6) is 0 Å². The molecule has 1 aliphatic rings. The van der Waals surface area contributed by atoms with E-state index < -0.39 is 5.97 Å². The standard InChI is InChI=1S/C14H18ClN3O3/c1-8(19)17-10-2-4-18(5-3-10)13-11(14(20)21)6-9(16)7-12(13)15/h6-7,10H,2-5,16H2,1H3,(H,17,19)(H,20,21). The van der Waals surface area contributed by atoms with Crippen LogP contribution in [0, 0.1) is 0 Å². The van der Waals surface area contributed by atoms with Crippen molar-refractivity contribution >= 4 is 34.9 Å². The van der Waals surface area contributed by atoms with E-state index in [1.807, 2.05) is 4.90 Å². The van der Waals surface area contributed by atoms with Gasteiger partial charge in [0.15, 0.2) is 0 Å². The van der Waals surface area contributed by atoms with Crippen LogP contribution in [0.4, 0.5) is 11.4 Å². The van der Waals surface area contributed by atoms with E-state index in [1.54, 1.807) is 6.07 Å². The van der Waals surface area contributed by atoms with Crippen molar-refractivity contribution in [3.63, 3.8) is 0 Å². The maximum Gasteiger partial charge on any atom is 0.337 e. The van der Waals surface area contributed by atoms with Gasteiger partial charge >= 0.3 is 5.97 Å². The average Bonchev–Trinajstić information content (AvgIpc) is 2.38. The number of rotatable bonds is 3. The molecule has 1 aromatic rings. The lowest BCUT2D eigenvalue weighted by atomic mass is 10.0. The molecule has 1 amide bonds. The van der Waals surface area contributed by atoms with E-state index in [4.69, 9.17) is 17.3 Å². The normalized spacial score (nSPS) is 15.8. The minimum atomic E-state index is -1.05. The number of carbonyl (C=O) groups excluding carboxylic acids is 1. The smallest absolute Gasteiger partial charge is 0.337 e. The van der Waals surface area contributed by atoms with Crippen molar-refractivity contribution in [2.75, 3.05) is 23.7 Å². The first-order chi connectivity index (χ1) is 9.88. The van der Waals surface area contributed by atoms with Gasteiger partial charge in [-0.1, -0.05) is 11.6 Å². The summed E-state index contributed by atoms with van der Waals surface area (Å²) >= 11 is 6.18. The second-order valence-electron chi connectivity index (χ2n) is 5.17. The van der Waals surface area contributed by atoms with Crippen LogP contribution >= 0.6 is 11.6 Å². The molecule has 0 radical (unpaired) electrons. The van der Waals surface area contributed by atoms with Crippen LogP contribution in [-0.4, -0.2) is 36.1 Å². The third kappa shape index (κ3) is 3.58. The van der Waals surface area contributed by atoms with Gasteiger partial charge in [0, 0.05) is 31.7 Å². The first-order valence-corrected chi connectivity index (χ1v) is 7.10. The maximum atomic E-state index is 11.4. The Morgan fingerprint density at radius 1 is 1.38 bits per heavy atom. The summed E-state index contributed by atoms with van der Waals surface area (Å²) in [6.07, 6.45) is 1.50. The summed E-state index contributed by atoms with van der Waals surface area (Å²) in [7, 11) is 0. The van der Waals surface area contributed by atoms with E-state index >= 15 is 0 Å². The van der Waals surface area contributed by atoms with Crippen molar-refractivity contribution in [1.29, 1.82) is 0 Å². The third-order valence-corrected chi connectivity index (χ3v) is 3.82. The molecule has 1 aromatic carbocycles. The Hall–Kier alpha value is -1.95. The number of carboxylic acid groups (broad SMARTS) is 1. The van der Waals surface area contributed by atoms with Crippen LogP contribution in [0.3, 0.4) is 0 Å². The topological polar surface area (TPSA) is 95.7 Å². The highest BCUT2D eigenvalue weighted by Crippen LogP contribution is 2.34. The summed E-state index contributed by atoms with van der Waals surface area (Å²) in [6, 6.07) is 3.10. The molecule has 0 aliphatic carbocycles. The van der Waals surface area contributed by atoms with E-state index in [1.165, 1.54) is 13.0 Å². The maximum absolute atomic E-state index is 11.4. The molecule has 4 N–H and O–H groups in total. The molecule has 1 saturated heterocycles. The van der Waals surface area contributed by atoms with Crippen molar-refractivity contribution < 1.29 is 14.7 Å². The summed E-state index contributed by atoms with van der Waals surface area (Å²) < 4.78 is 0. The summed E-state index contributed by atoms with van der Waals surface area (Å²) in [4.78, 5) is 24.4. The molecule has 0 spiro atoms. The highest BCUT2D eigenvalue weighted by molar-refractivity contribution is 6.34. The van der Waals surface area contributed by atoms with Gasteiger partial charge in [-0.25, -0.2) is 4.79 Å². The number of carboxylic acids is 1. The fourth-order valence-corrected chi connectivity index (χ4v) is 2.99. The largest absolute Gasteiger partial charge is 0.478 e. The third-order valence-electron chi connectivity index (χ3n) is 3.53. The number of aromatic carboxylic acids is 1. The lowest BCUT2D eigenvalue weighted by Crippen LogP contribution is -2.44. The molecule has 1 heterocycles. The number of anilines is 2. The molecule has 2 rings (SSSR count). The number of benzene rings is 1. The number of hydrogen-bond donors (Lipinski definition) is 3. The van der Waals surface area contributed by atoms with Gasteiger partial charge in [0.05, 0.1) is 16.3 Å². The second-order valence-corrected chi connectivity index (χ2v) is 5.57. The van der Waals surface area contributed by atoms with Crippen molar-refractivity contribution in [2.24, 2.45) is 0 Å². The van der Waals surface area contributed by atoms with E-state index in [2.05, 4.69) is 5.32 Å².